The van der Waals surface area contributed by atoms with Crippen LogP contribution in [-0.2, 0) is 24.0 Å². The van der Waals surface area contributed by atoms with Gasteiger partial charge in [0.1, 0.15) is 6.10 Å². The lowest BCUT2D eigenvalue weighted by atomic mass is 9.80. The van der Waals surface area contributed by atoms with E-state index in [9.17, 15) is 26.4 Å². The fraction of sp³-hybridized carbons (Fsp3) is 0.941. The molecule has 0 heterocycles. The second-order valence-corrected chi connectivity index (χ2v) is 9.26. The summed E-state index contributed by atoms with van der Waals surface area (Å²) in [5, 5.41) is 4.28. The lowest BCUT2D eigenvalue weighted by Crippen LogP contribution is -2.45. The number of esters is 1. The Bertz CT molecular complexity index is 653. The summed E-state index contributed by atoms with van der Waals surface area (Å²) in [5.41, 5.74) is -2.37. The second kappa shape index (κ2) is 7.87. The highest BCUT2D eigenvalue weighted by atomic mass is 32.2. The summed E-state index contributed by atoms with van der Waals surface area (Å²) in [5.74, 6) is 1.12. The number of hydrogen-bond donors (Lipinski definition) is 1. The minimum Gasteiger partial charge on any atom is -0.461 e. The predicted octanol–water partition coefficient (Wildman–Crippen LogP) is 3.17. The zero-order valence-electron chi connectivity index (χ0n) is 15.8. The van der Waals surface area contributed by atoms with Crippen LogP contribution in [0.4, 0.5) is 13.2 Å². The molecule has 0 spiro atoms. The first-order chi connectivity index (χ1) is 12.3. The minimum atomic E-state index is -4.55. The van der Waals surface area contributed by atoms with E-state index in [1.54, 1.807) is 0 Å². The van der Waals surface area contributed by atoms with Crippen LogP contribution >= 0.6 is 0 Å². The number of rotatable bonds is 4. The molecular weight excluding hydrogens is 387 g/mol. The Labute approximate surface area is 158 Å². The monoisotopic (exact) mass is 415 g/mol. The minimum absolute atomic E-state index is 0.276. The number of nitrogens with two attached hydrogens (primary N) is 1. The maximum absolute atomic E-state index is 13.1. The molecule has 0 amide bonds. The molecule has 10 heteroatoms. The normalized spacial score (nSPS) is 34.4. The Morgan fingerprint density at radius 3 is 2.19 bits per heavy atom. The van der Waals surface area contributed by atoms with Gasteiger partial charge < -0.3 is 4.74 Å². The van der Waals surface area contributed by atoms with Crippen molar-refractivity contribution in [2.45, 2.75) is 64.7 Å². The first-order valence-electron chi connectivity index (χ1n) is 9.20. The maximum Gasteiger partial charge on any atom is 0.404 e. The van der Waals surface area contributed by atoms with E-state index in [0.717, 1.165) is 39.2 Å². The molecule has 0 saturated heterocycles. The van der Waals surface area contributed by atoms with Gasteiger partial charge in [-0.05, 0) is 62.7 Å². The molecule has 0 aliphatic heterocycles. The van der Waals surface area contributed by atoms with Crippen molar-refractivity contribution >= 4 is 16.3 Å². The summed E-state index contributed by atoms with van der Waals surface area (Å²) < 4.78 is 67.6. The van der Waals surface area contributed by atoms with Crippen molar-refractivity contribution in [2.24, 2.45) is 34.2 Å². The van der Waals surface area contributed by atoms with Gasteiger partial charge in [0.05, 0.1) is 7.11 Å². The van der Waals surface area contributed by atoms with E-state index in [4.69, 9.17) is 4.74 Å². The van der Waals surface area contributed by atoms with Crippen molar-refractivity contribution in [3.05, 3.63) is 0 Å². The summed E-state index contributed by atoms with van der Waals surface area (Å²) in [7, 11) is -2.67. The average Bonchev–Trinajstić information content (AvgIpc) is 3.25. The molecule has 3 aliphatic carbocycles. The number of hydrogen-bond acceptors (Lipinski definition) is 5. The van der Waals surface area contributed by atoms with E-state index in [1.165, 1.54) is 19.8 Å². The fourth-order valence-corrected chi connectivity index (χ4v) is 4.87. The Morgan fingerprint density at radius 1 is 1.15 bits per heavy atom. The molecule has 3 aliphatic rings. The molecule has 3 saturated carbocycles. The Kier molecular flexibility index (Phi) is 6.53. The number of carbonyl (C=O) groups is 1. The number of carbonyl (C=O) groups excluding carboxylic acids is 1. The van der Waals surface area contributed by atoms with Crippen LogP contribution in [-0.4, -0.2) is 33.8 Å². The van der Waals surface area contributed by atoms with Gasteiger partial charge in [-0.25, -0.2) is 5.14 Å². The molecule has 6 unspecified atom stereocenters. The zero-order chi connectivity index (χ0) is 20.6. The van der Waals surface area contributed by atoms with E-state index < -0.39 is 27.9 Å². The predicted molar refractivity (Wildman–Crippen MR) is 91.5 cm³/mol. The van der Waals surface area contributed by atoms with Crippen molar-refractivity contribution in [2.75, 3.05) is 7.11 Å². The van der Waals surface area contributed by atoms with Gasteiger partial charge in [0.2, 0.25) is 0 Å². The first-order valence-corrected chi connectivity index (χ1v) is 10.7. The highest BCUT2D eigenvalue weighted by Gasteiger charge is 2.59. The van der Waals surface area contributed by atoms with E-state index in [-0.39, 0.29) is 12.5 Å². The molecule has 6 atom stereocenters. The molecule has 3 fully saturated rings. The van der Waals surface area contributed by atoms with Crippen LogP contribution < -0.4 is 5.14 Å². The Hall–Kier alpha value is -0.870. The molecule has 3 rings (SSSR count). The highest BCUT2D eigenvalue weighted by molar-refractivity contribution is 7.84. The molecular formula is C17H28F3NO5S. The maximum atomic E-state index is 13.1. The van der Waals surface area contributed by atoms with Crippen molar-refractivity contribution in [1.82, 2.24) is 0 Å². The Morgan fingerprint density at radius 2 is 1.70 bits per heavy atom. The van der Waals surface area contributed by atoms with Gasteiger partial charge in [-0.2, -0.15) is 21.6 Å². The molecule has 27 heavy (non-hydrogen) atoms. The average molecular weight is 415 g/mol. The third kappa shape index (κ3) is 4.59. The van der Waals surface area contributed by atoms with Crippen LogP contribution in [0.5, 0.6) is 0 Å². The van der Waals surface area contributed by atoms with Gasteiger partial charge in [0.25, 0.3) is 0 Å². The number of ether oxygens (including phenoxy) is 1. The van der Waals surface area contributed by atoms with Gasteiger partial charge in [-0.15, -0.1) is 0 Å². The molecule has 0 aromatic carbocycles. The molecule has 2 N–H and O–H groups in total. The molecule has 0 radical (unpaired) electrons. The van der Waals surface area contributed by atoms with Crippen LogP contribution in [0.2, 0.25) is 0 Å². The smallest absolute Gasteiger partial charge is 0.404 e. The van der Waals surface area contributed by atoms with E-state index in [2.05, 4.69) is 9.32 Å². The molecule has 6 nitrogen and oxygen atoms in total. The van der Waals surface area contributed by atoms with Crippen LogP contribution in [0.15, 0.2) is 0 Å². The van der Waals surface area contributed by atoms with Gasteiger partial charge in [-0.3, -0.25) is 8.98 Å². The first kappa shape index (κ1) is 22.4. The molecule has 2 bridgehead atoms. The number of fused-ring (bicyclic) bond motifs is 5. The lowest BCUT2D eigenvalue weighted by molar-refractivity contribution is -0.234. The molecule has 0 aromatic heterocycles. The van der Waals surface area contributed by atoms with Gasteiger partial charge in [0.15, 0.2) is 5.41 Å². The third-order valence-corrected chi connectivity index (χ3v) is 7.11. The van der Waals surface area contributed by atoms with Crippen molar-refractivity contribution in [3.63, 3.8) is 0 Å². The fourth-order valence-electron chi connectivity index (χ4n) is 4.87. The second-order valence-electron chi connectivity index (χ2n) is 7.94. The van der Waals surface area contributed by atoms with Gasteiger partial charge >= 0.3 is 22.4 Å². The van der Waals surface area contributed by atoms with E-state index in [0.29, 0.717) is 17.8 Å². The van der Waals surface area contributed by atoms with Crippen LogP contribution in [0.1, 0.15) is 52.4 Å². The summed E-state index contributed by atoms with van der Waals surface area (Å²) in [4.78, 5) is 12.1. The third-order valence-electron chi connectivity index (χ3n) is 6.64. The Balaban J connectivity index is 0.000000380. The summed E-state index contributed by atoms with van der Waals surface area (Å²) in [6, 6.07) is 0. The summed E-state index contributed by atoms with van der Waals surface area (Å²) in [6.45, 7) is 2.35. The quantitative estimate of drug-likeness (QED) is 0.712. The van der Waals surface area contributed by atoms with Crippen molar-refractivity contribution in [1.29, 1.82) is 0 Å². The number of halogens is 3. The topological polar surface area (TPSA) is 95.7 Å². The van der Waals surface area contributed by atoms with Gasteiger partial charge in [-0.1, -0.05) is 13.3 Å². The van der Waals surface area contributed by atoms with Crippen LogP contribution in [0, 0.1) is 29.1 Å². The summed E-state index contributed by atoms with van der Waals surface area (Å²) in [6.07, 6.45) is 0.339. The lowest BCUT2D eigenvalue weighted by Gasteiger charge is -2.35. The van der Waals surface area contributed by atoms with Crippen molar-refractivity contribution < 1.29 is 35.3 Å². The van der Waals surface area contributed by atoms with E-state index >= 15 is 0 Å². The zero-order valence-corrected chi connectivity index (χ0v) is 16.6. The summed E-state index contributed by atoms with van der Waals surface area (Å²) >= 11 is 0. The molecule has 0 aromatic rings. The van der Waals surface area contributed by atoms with E-state index in [1.807, 2.05) is 0 Å². The SMILES string of the molecule is CCC(C)(C(=O)OC1CC2CC1C1CCCC21)C(F)(F)F.COS(N)(=O)=O. The van der Waals surface area contributed by atoms with Crippen LogP contribution in [0.3, 0.4) is 0 Å². The number of alkyl halides is 3. The van der Waals surface area contributed by atoms with Crippen molar-refractivity contribution in [3.8, 4) is 0 Å². The van der Waals surface area contributed by atoms with Gasteiger partial charge in [0, 0.05) is 0 Å². The highest BCUT2D eigenvalue weighted by Crippen LogP contribution is 2.59. The van der Waals surface area contributed by atoms with Crippen LogP contribution in [0.25, 0.3) is 0 Å². The standard InChI is InChI=1S/C16H23F3O2.CH5NO3S/c1-3-15(2,16(17,18)19)14(20)21-13-8-9-7-12(13)11-6-4-5-10(9)11;1-5-6(2,3)4/h9-13H,3-8H2,1-2H3;1H3,(H2,2,3,4). The molecule has 158 valence electrons. The largest absolute Gasteiger partial charge is 0.461 e.